The van der Waals surface area contributed by atoms with Crippen LogP contribution in [0.3, 0.4) is 0 Å². The van der Waals surface area contributed by atoms with Crippen LogP contribution in [0.4, 0.5) is 16.2 Å². The van der Waals surface area contributed by atoms with Crippen LogP contribution < -0.4 is 10.2 Å². The maximum atomic E-state index is 12.6. The van der Waals surface area contributed by atoms with Crippen LogP contribution in [0.1, 0.15) is 52.1 Å². The van der Waals surface area contributed by atoms with E-state index in [4.69, 9.17) is 9.26 Å². The van der Waals surface area contributed by atoms with Gasteiger partial charge in [0.1, 0.15) is 5.60 Å². The molecule has 0 saturated carbocycles. The van der Waals surface area contributed by atoms with Crippen LogP contribution in [-0.2, 0) is 4.74 Å². The van der Waals surface area contributed by atoms with E-state index in [1.807, 2.05) is 41.5 Å². The van der Waals surface area contributed by atoms with E-state index in [2.05, 4.69) is 10.5 Å². The van der Waals surface area contributed by atoms with Gasteiger partial charge in [0.15, 0.2) is 0 Å². The summed E-state index contributed by atoms with van der Waals surface area (Å²) in [6, 6.07) is 8.42. The minimum atomic E-state index is -0.592. The first kappa shape index (κ1) is 19.5. The van der Waals surface area contributed by atoms with E-state index in [1.54, 1.807) is 29.2 Å². The van der Waals surface area contributed by atoms with Crippen LogP contribution in [0.25, 0.3) is 0 Å². The Labute approximate surface area is 153 Å². The number of carbonyl (C=O) groups excluding carboxylic acids is 2. The van der Waals surface area contributed by atoms with Crippen molar-refractivity contribution >= 4 is 23.4 Å². The number of hydrogen-bond donors (Lipinski definition) is 1. The minimum absolute atomic E-state index is 0.124. The average Bonchev–Trinajstić information content (AvgIpc) is 3.00. The summed E-state index contributed by atoms with van der Waals surface area (Å²) in [6.07, 6.45) is 0.975. The summed E-state index contributed by atoms with van der Waals surface area (Å²) in [5.41, 5.74) is 0.177. The molecule has 1 aromatic heterocycles. The van der Waals surface area contributed by atoms with Crippen molar-refractivity contribution in [2.45, 2.75) is 52.7 Å². The third kappa shape index (κ3) is 5.08. The molecule has 0 atom stereocenters. The number of nitrogens with zero attached hydrogens (tertiary/aromatic N) is 2. The van der Waals surface area contributed by atoms with Crippen molar-refractivity contribution < 1.29 is 18.8 Å². The Morgan fingerprint density at radius 2 is 1.65 bits per heavy atom. The fourth-order valence-corrected chi connectivity index (χ4v) is 2.29. The highest BCUT2D eigenvalue weighted by Crippen LogP contribution is 2.27. The van der Waals surface area contributed by atoms with Gasteiger partial charge in [0, 0.05) is 23.0 Å². The minimum Gasteiger partial charge on any atom is -0.443 e. The predicted octanol–water partition coefficient (Wildman–Crippen LogP) is 4.47. The molecule has 0 aliphatic carbocycles. The molecule has 0 radical (unpaired) electrons. The molecule has 0 unspecified atom stereocenters. The van der Waals surface area contributed by atoms with Gasteiger partial charge in [-0.1, -0.05) is 5.16 Å². The molecule has 7 heteroatoms. The van der Waals surface area contributed by atoms with Gasteiger partial charge in [0.05, 0.1) is 6.20 Å². The molecule has 0 aliphatic rings. The zero-order chi connectivity index (χ0) is 19.5. The topological polar surface area (TPSA) is 84.7 Å². The molecular formula is C19H25N3O4. The number of carbonyl (C=O) groups is 2. The lowest BCUT2D eigenvalue weighted by Crippen LogP contribution is -2.48. The lowest BCUT2D eigenvalue weighted by atomic mass is 10.1. The number of hydrogen-bond acceptors (Lipinski definition) is 5. The van der Waals surface area contributed by atoms with E-state index in [-0.39, 0.29) is 5.76 Å². The van der Waals surface area contributed by atoms with Gasteiger partial charge in [-0.15, -0.1) is 0 Å². The zero-order valence-corrected chi connectivity index (χ0v) is 16.0. The van der Waals surface area contributed by atoms with E-state index in [1.165, 1.54) is 12.3 Å². The Morgan fingerprint density at radius 3 is 2.12 bits per heavy atom. The Hall–Kier alpha value is -2.83. The number of benzene rings is 1. The molecule has 1 aromatic carbocycles. The first-order valence-corrected chi connectivity index (χ1v) is 8.33. The quantitative estimate of drug-likeness (QED) is 0.874. The summed E-state index contributed by atoms with van der Waals surface area (Å²) < 4.78 is 10.3. The summed E-state index contributed by atoms with van der Waals surface area (Å²) >= 11 is 0. The van der Waals surface area contributed by atoms with Crippen LogP contribution >= 0.6 is 0 Å². The Morgan fingerprint density at radius 1 is 1.04 bits per heavy atom. The number of aromatic nitrogens is 1. The molecule has 7 nitrogen and oxygen atoms in total. The van der Waals surface area contributed by atoms with Gasteiger partial charge in [-0.25, -0.2) is 4.79 Å². The van der Waals surface area contributed by atoms with Crippen molar-refractivity contribution in [3.05, 3.63) is 42.3 Å². The third-order valence-corrected chi connectivity index (χ3v) is 3.29. The fraction of sp³-hybridized carbons (Fsp3) is 0.421. The lowest BCUT2D eigenvalue weighted by molar-refractivity contribution is 0.0550. The van der Waals surface area contributed by atoms with Gasteiger partial charge in [-0.3, -0.25) is 9.69 Å². The molecule has 0 saturated heterocycles. The molecule has 1 N–H and O–H groups in total. The maximum absolute atomic E-state index is 12.6. The first-order chi connectivity index (χ1) is 12.0. The smallest absolute Gasteiger partial charge is 0.415 e. The first-order valence-electron chi connectivity index (χ1n) is 8.33. The zero-order valence-electron chi connectivity index (χ0n) is 16.0. The molecule has 0 spiro atoms. The van der Waals surface area contributed by atoms with Gasteiger partial charge >= 0.3 is 6.09 Å². The van der Waals surface area contributed by atoms with E-state index in [0.717, 1.165) is 0 Å². The monoisotopic (exact) mass is 359 g/mol. The number of rotatable bonds is 3. The lowest BCUT2D eigenvalue weighted by Gasteiger charge is -2.36. The highest BCUT2D eigenvalue weighted by molar-refractivity contribution is 6.02. The largest absolute Gasteiger partial charge is 0.443 e. The number of ether oxygens (including phenoxy) is 1. The van der Waals surface area contributed by atoms with Crippen LogP contribution in [0.5, 0.6) is 0 Å². The van der Waals surface area contributed by atoms with Gasteiger partial charge in [-0.2, -0.15) is 0 Å². The molecule has 0 fully saturated rings. The SMILES string of the molecule is CC(C)(C)OC(=O)N(c1ccc(NC(=O)c2ccno2)cc1)C(C)(C)C. The summed E-state index contributed by atoms with van der Waals surface area (Å²) in [7, 11) is 0. The maximum Gasteiger partial charge on any atom is 0.415 e. The normalized spacial score (nSPS) is 11.8. The molecule has 140 valence electrons. The second kappa shape index (κ2) is 7.19. The summed E-state index contributed by atoms with van der Waals surface area (Å²) in [4.78, 5) is 26.2. The van der Waals surface area contributed by atoms with Crippen molar-refractivity contribution in [1.29, 1.82) is 0 Å². The molecule has 26 heavy (non-hydrogen) atoms. The van der Waals surface area contributed by atoms with Crippen LogP contribution in [0.15, 0.2) is 41.1 Å². The van der Waals surface area contributed by atoms with Crippen molar-refractivity contribution in [2.75, 3.05) is 10.2 Å². The Balaban J connectivity index is 2.19. The van der Waals surface area contributed by atoms with Gasteiger partial charge in [0.2, 0.25) is 5.76 Å². The molecule has 0 aliphatic heterocycles. The average molecular weight is 359 g/mol. The molecule has 2 amide bonds. The van der Waals surface area contributed by atoms with E-state index in [0.29, 0.717) is 11.4 Å². The third-order valence-electron chi connectivity index (χ3n) is 3.29. The van der Waals surface area contributed by atoms with Gasteiger partial charge in [-0.05, 0) is 65.8 Å². The second-order valence-electron chi connectivity index (χ2n) is 7.86. The number of anilines is 2. The van der Waals surface area contributed by atoms with Crippen molar-refractivity contribution in [3.8, 4) is 0 Å². The van der Waals surface area contributed by atoms with Crippen LogP contribution in [0.2, 0.25) is 0 Å². The standard InChI is InChI=1S/C19H25N3O4/c1-18(2,3)22(17(24)25-19(4,5)6)14-9-7-13(8-10-14)21-16(23)15-11-12-20-26-15/h7-12H,1-6H3,(H,21,23). The van der Waals surface area contributed by atoms with Gasteiger partial charge < -0.3 is 14.6 Å². The van der Waals surface area contributed by atoms with E-state index < -0.39 is 23.1 Å². The van der Waals surface area contributed by atoms with Crippen molar-refractivity contribution in [3.63, 3.8) is 0 Å². The van der Waals surface area contributed by atoms with Crippen LogP contribution in [-0.4, -0.2) is 28.3 Å². The summed E-state index contributed by atoms with van der Waals surface area (Å²) in [6.45, 7) is 11.3. The Kier molecular flexibility index (Phi) is 5.39. The van der Waals surface area contributed by atoms with Gasteiger partial charge in [0.25, 0.3) is 5.91 Å². The summed E-state index contributed by atoms with van der Waals surface area (Å²) in [5, 5.41) is 6.21. The number of nitrogens with one attached hydrogen (secondary N) is 1. The summed E-state index contributed by atoms with van der Waals surface area (Å²) in [5.74, 6) is -0.269. The van der Waals surface area contributed by atoms with Crippen molar-refractivity contribution in [2.24, 2.45) is 0 Å². The number of amides is 2. The Bertz CT molecular complexity index is 754. The second-order valence-corrected chi connectivity index (χ2v) is 7.86. The highest BCUT2D eigenvalue weighted by Gasteiger charge is 2.32. The van der Waals surface area contributed by atoms with Crippen molar-refractivity contribution in [1.82, 2.24) is 5.16 Å². The predicted molar refractivity (Wildman–Crippen MR) is 99.4 cm³/mol. The molecule has 2 aromatic rings. The highest BCUT2D eigenvalue weighted by atomic mass is 16.6. The molecule has 0 bridgehead atoms. The van der Waals surface area contributed by atoms with E-state index in [9.17, 15) is 9.59 Å². The van der Waals surface area contributed by atoms with E-state index >= 15 is 0 Å². The molecule has 2 rings (SSSR count). The molecule has 1 heterocycles. The fourth-order valence-electron chi connectivity index (χ4n) is 2.29. The molecular weight excluding hydrogens is 334 g/mol. The van der Waals surface area contributed by atoms with Crippen LogP contribution in [0, 0.1) is 0 Å².